The number of rotatable bonds is 6. The molecule has 1 aliphatic rings. The molecule has 1 aliphatic heterocycles. The van der Waals surface area contributed by atoms with Crippen molar-refractivity contribution in [2.24, 2.45) is 0 Å². The van der Waals surface area contributed by atoms with Crippen LogP contribution in [-0.4, -0.2) is 19.7 Å². The summed E-state index contributed by atoms with van der Waals surface area (Å²) in [5.41, 5.74) is 2.82. The standard InChI is InChI=1S/C20H25NO/c1-2-6-17(7-3-1)8-5-15-22-20-10-4-9-19(16-20)18-11-13-21-14-12-18/h1-4,6-7,9-10,16,18,21H,5,8,11-15H2. The van der Waals surface area contributed by atoms with Crippen molar-refractivity contribution in [2.45, 2.75) is 31.6 Å². The first kappa shape index (κ1) is 15.1. The van der Waals surface area contributed by atoms with Gasteiger partial charge in [0.15, 0.2) is 0 Å². The Bertz CT molecular complexity index is 561. The van der Waals surface area contributed by atoms with E-state index in [0.717, 1.165) is 38.3 Å². The summed E-state index contributed by atoms with van der Waals surface area (Å²) >= 11 is 0. The van der Waals surface area contributed by atoms with Crippen molar-refractivity contribution in [3.63, 3.8) is 0 Å². The van der Waals surface area contributed by atoms with Gasteiger partial charge in [-0.2, -0.15) is 0 Å². The van der Waals surface area contributed by atoms with Crippen LogP contribution in [0.5, 0.6) is 5.75 Å². The van der Waals surface area contributed by atoms with Crippen LogP contribution in [0.25, 0.3) is 0 Å². The van der Waals surface area contributed by atoms with Gasteiger partial charge in [-0.25, -0.2) is 0 Å². The fraction of sp³-hybridized carbons (Fsp3) is 0.400. The van der Waals surface area contributed by atoms with Crippen LogP contribution in [-0.2, 0) is 6.42 Å². The van der Waals surface area contributed by atoms with Gasteiger partial charge in [0.25, 0.3) is 0 Å². The van der Waals surface area contributed by atoms with Crippen molar-refractivity contribution >= 4 is 0 Å². The van der Waals surface area contributed by atoms with Gasteiger partial charge < -0.3 is 10.1 Å². The number of hydrogen-bond donors (Lipinski definition) is 1. The van der Waals surface area contributed by atoms with Crippen LogP contribution in [0, 0.1) is 0 Å². The molecule has 0 bridgehead atoms. The van der Waals surface area contributed by atoms with Crippen LogP contribution in [0.15, 0.2) is 54.6 Å². The Balaban J connectivity index is 1.48. The van der Waals surface area contributed by atoms with Crippen molar-refractivity contribution in [1.82, 2.24) is 5.32 Å². The van der Waals surface area contributed by atoms with E-state index in [1.807, 2.05) is 0 Å². The van der Waals surface area contributed by atoms with Gasteiger partial charge in [-0.15, -0.1) is 0 Å². The third kappa shape index (κ3) is 4.35. The summed E-state index contributed by atoms with van der Waals surface area (Å²) in [5, 5.41) is 3.43. The van der Waals surface area contributed by atoms with Gasteiger partial charge >= 0.3 is 0 Å². The van der Waals surface area contributed by atoms with E-state index in [1.165, 1.54) is 24.0 Å². The third-order valence-corrected chi connectivity index (χ3v) is 4.39. The largest absolute Gasteiger partial charge is 0.494 e. The molecule has 22 heavy (non-hydrogen) atoms. The maximum absolute atomic E-state index is 5.94. The first-order chi connectivity index (χ1) is 10.9. The maximum atomic E-state index is 5.94. The average molecular weight is 295 g/mol. The van der Waals surface area contributed by atoms with Crippen LogP contribution in [0.1, 0.15) is 36.3 Å². The molecular formula is C20H25NO. The van der Waals surface area contributed by atoms with E-state index in [0.29, 0.717) is 5.92 Å². The molecule has 0 atom stereocenters. The molecule has 116 valence electrons. The Morgan fingerprint density at radius 3 is 2.59 bits per heavy atom. The molecule has 1 heterocycles. The highest BCUT2D eigenvalue weighted by atomic mass is 16.5. The summed E-state index contributed by atoms with van der Waals surface area (Å²) in [5.74, 6) is 1.71. The van der Waals surface area contributed by atoms with Gasteiger partial charge in [0.1, 0.15) is 5.75 Å². The lowest BCUT2D eigenvalue weighted by Gasteiger charge is -2.23. The molecule has 0 aromatic heterocycles. The molecule has 0 saturated carbocycles. The van der Waals surface area contributed by atoms with E-state index in [2.05, 4.69) is 59.9 Å². The smallest absolute Gasteiger partial charge is 0.119 e. The molecule has 1 N–H and O–H groups in total. The fourth-order valence-corrected chi connectivity index (χ4v) is 3.12. The minimum absolute atomic E-state index is 0.689. The molecule has 0 aliphatic carbocycles. The fourth-order valence-electron chi connectivity index (χ4n) is 3.12. The zero-order chi connectivity index (χ0) is 15.0. The van der Waals surface area contributed by atoms with Gasteiger partial charge in [-0.1, -0.05) is 42.5 Å². The Kier molecular flexibility index (Phi) is 5.49. The lowest BCUT2D eigenvalue weighted by molar-refractivity contribution is 0.310. The van der Waals surface area contributed by atoms with Crippen molar-refractivity contribution in [1.29, 1.82) is 0 Å². The van der Waals surface area contributed by atoms with Crippen molar-refractivity contribution in [3.05, 3.63) is 65.7 Å². The number of aryl methyl sites for hydroxylation is 1. The lowest BCUT2D eigenvalue weighted by Crippen LogP contribution is -2.26. The summed E-state index contributed by atoms with van der Waals surface area (Å²) in [7, 11) is 0. The summed E-state index contributed by atoms with van der Waals surface area (Å²) in [6.07, 6.45) is 4.60. The molecule has 3 rings (SSSR count). The molecule has 0 spiro atoms. The zero-order valence-corrected chi connectivity index (χ0v) is 13.1. The highest BCUT2D eigenvalue weighted by molar-refractivity contribution is 5.31. The van der Waals surface area contributed by atoms with Crippen molar-refractivity contribution < 1.29 is 4.74 Å². The number of nitrogens with one attached hydrogen (secondary N) is 1. The Labute approximate surface area is 133 Å². The van der Waals surface area contributed by atoms with E-state index in [-0.39, 0.29) is 0 Å². The number of ether oxygens (including phenoxy) is 1. The van der Waals surface area contributed by atoms with E-state index < -0.39 is 0 Å². The number of piperidine rings is 1. The monoisotopic (exact) mass is 295 g/mol. The molecule has 2 aromatic carbocycles. The summed E-state index contributed by atoms with van der Waals surface area (Å²) in [6, 6.07) is 19.3. The quantitative estimate of drug-likeness (QED) is 0.808. The highest BCUT2D eigenvalue weighted by Crippen LogP contribution is 2.27. The first-order valence-electron chi connectivity index (χ1n) is 8.39. The summed E-state index contributed by atoms with van der Waals surface area (Å²) < 4.78 is 5.94. The van der Waals surface area contributed by atoms with E-state index in [1.54, 1.807) is 0 Å². The molecule has 1 fully saturated rings. The maximum Gasteiger partial charge on any atom is 0.119 e. The van der Waals surface area contributed by atoms with Gasteiger partial charge in [-0.05, 0) is 68.0 Å². The predicted molar refractivity (Wildman–Crippen MR) is 91.5 cm³/mol. The third-order valence-electron chi connectivity index (χ3n) is 4.39. The van der Waals surface area contributed by atoms with Crippen LogP contribution >= 0.6 is 0 Å². The van der Waals surface area contributed by atoms with Crippen molar-refractivity contribution in [3.8, 4) is 5.75 Å². The van der Waals surface area contributed by atoms with Gasteiger partial charge in [0.05, 0.1) is 6.61 Å². The van der Waals surface area contributed by atoms with Crippen LogP contribution in [0.2, 0.25) is 0 Å². The molecule has 2 nitrogen and oxygen atoms in total. The van der Waals surface area contributed by atoms with Gasteiger partial charge in [0, 0.05) is 0 Å². The molecule has 1 saturated heterocycles. The summed E-state index contributed by atoms with van der Waals surface area (Å²) in [4.78, 5) is 0. The van der Waals surface area contributed by atoms with Gasteiger partial charge in [0.2, 0.25) is 0 Å². The average Bonchev–Trinajstić information content (AvgIpc) is 2.61. The predicted octanol–water partition coefficient (Wildman–Crippen LogP) is 4.17. The second-order valence-electron chi connectivity index (χ2n) is 6.03. The van der Waals surface area contributed by atoms with Crippen LogP contribution in [0.3, 0.4) is 0 Å². The zero-order valence-electron chi connectivity index (χ0n) is 13.1. The van der Waals surface area contributed by atoms with Crippen molar-refractivity contribution in [2.75, 3.05) is 19.7 Å². The molecular weight excluding hydrogens is 270 g/mol. The number of benzene rings is 2. The first-order valence-corrected chi connectivity index (χ1v) is 8.39. The van der Waals surface area contributed by atoms with Crippen LogP contribution < -0.4 is 10.1 Å². The Hall–Kier alpha value is -1.80. The SMILES string of the molecule is c1ccc(CCCOc2cccc(C3CCNCC3)c2)cc1. The molecule has 0 unspecified atom stereocenters. The Morgan fingerprint density at radius 1 is 0.955 bits per heavy atom. The van der Waals surface area contributed by atoms with E-state index in [4.69, 9.17) is 4.74 Å². The molecule has 2 heteroatoms. The van der Waals surface area contributed by atoms with E-state index >= 15 is 0 Å². The van der Waals surface area contributed by atoms with E-state index in [9.17, 15) is 0 Å². The normalized spacial score (nSPS) is 15.6. The number of hydrogen-bond acceptors (Lipinski definition) is 2. The van der Waals surface area contributed by atoms with Gasteiger partial charge in [-0.3, -0.25) is 0 Å². The second-order valence-corrected chi connectivity index (χ2v) is 6.03. The topological polar surface area (TPSA) is 21.3 Å². The minimum Gasteiger partial charge on any atom is -0.494 e. The lowest BCUT2D eigenvalue weighted by atomic mass is 9.90. The molecule has 0 radical (unpaired) electrons. The highest BCUT2D eigenvalue weighted by Gasteiger charge is 2.15. The molecule has 2 aromatic rings. The summed E-state index contributed by atoms with van der Waals surface area (Å²) in [6.45, 7) is 3.05. The molecule has 0 amide bonds. The second kappa shape index (κ2) is 8.00. The van der Waals surface area contributed by atoms with Crippen LogP contribution in [0.4, 0.5) is 0 Å². The Morgan fingerprint density at radius 2 is 1.77 bits per heavy atom. The minimum atomic E-state index is 0.689.